The van der Waals surface area contributed by atoms with Gasteiger partial charge in [0.05, 0.1) is 0 Å². The van der Waals surface area contributed by atoms with Crippen molar-refractivity contribution in [2.75, 3.05) is 34.2 Å². The Morgan fingerprint density at radius 1 is 1.22 bits per heavy atom. The number of aliphatic imine (C=N–C) groups is 1. The highest BCUT2D eigenvalue weighted by Gasteiger charge is 2.21. The Balaban J connectivity index is 0.00000364. The number of rotatable bonds is 6. The van der Waals surface area contributed by atoms with Crippen LogP contribution in [0.3, 0.4) is 0 Å². The topological polar surface area (TPSA) is 56.7 Å². The van der Waals surface area contributed by atoms with Crippen molar-refractivity contribution in [2.45, 2.75) is 39.0 Å². The first kappa shape index (κ1) is 23.7. The van der Waals surface area contributed by atoms with Crippen LogP contribution in [0.15, 0.2) is 29.3 Å². The molecule has 0 spiro atoms. The molecule has 1 fully saturated rings. The molecule has 27 heavy (non-hydrogen) atoms. The van der Waals surface area contributed by atoms with E-state index in [4.69, 9.17) is 0 Å². The Bertz CT molecular complexity index is 618. The number of amides is 1. The number of carbonyl (C=O) groups excluding carboxylic acids is 1. The van der Waals surface area contributed by atoms with E-state index < -0.39 is 0 Å². The molecule has 1 amide bonds. The van der Waals surface area contributed by atoms with Crippen molar-refractivity contribution in [3.63, 3.8) is 0 Å². The molecule has 2 unspecified atom stereocenters. The third-order valence-electron chi connectivity index (χ3n) is 5.33. The first-order valence-electron chi connectivity index (χ1n) is 9.76. The summed E-state index contributed by atoms with van der Waals surface area (Å²) in [4.78, 5) is 18.0. The zero-order chi connectivity index (χ0) is 18.9. The van der Waals surface area contributed by atoms with Gasteiger partial charge >= 0.3 is 0 Å². The van der Waals surface area contributed by atoms with Crippen molar-refractivity contribution in [2.24, 2.45) is 16.8 Å². The molecule has 2 atom stereocenters. The monoisotopic (exact) mass is 486 g/mol. The van der Waals surface area contributed by atoms with E-state index in [1.807, 2.05) is 25.2 Å². The molecule has 0 aliphatic heterocycles. The molecule has 1 aromatic carbocycles. The summed E-state index contributed by atoms with van der Waals surface area (Å²) < 4.78 is 0. The Morgan fingerprint density at radius 2 is 1.96 bits per heavy atom. The molecule has 0 saturated heterocycles. The summed E-state index contributed by atoms with van der Waals surface area (Å²) in [5.41, 5.74) is 1.89. The van der Waals surface area contributed by atoms with Crippen LogP contribution in [0, 0.1) is 11.8 Å². The van der Waals surface area contributed by atoms with Crippen LogP contribution < -0.4 is 10.6 Å². The van der Waals surface area contributed by atoms with E-state index in [2.05, 4.69) is 28.6 Å². The number of nitrogens with one attached hydrogen (secondary N) is 2. The number of nitrogens with zero attached hydrogens (tertiary/aromatic N) is 2. The number of benzene rings is 1. The van der Waals surface area contributed by atoms with Crippen molar-refractivity contribution in [1.82, 2.24) is 15.5 Å². The molecule has 1 aliphatic rings. The van der Waals surface area contributed by atoms with Crippen LogP contribution in [-0.2, 0) is 6.42 Å². The zero-order valence-corrected chi connectivity index (χ0v) is 19.5. The standard InChI is InChI=1S/C21H34N4O.HI/c1-16-8-5-6-10-19(16)15-24-21(22-2)23-13-12-17-9-7-11-18(14-17)20(26)25(3)4;/h7,9,11,14,16,19H,5-6,8,10,12-13,15H2,1-4H3,(H2,22,23,24);1H. The second-order valence-electron chi connectivity index (χ2n) is 7.55. The van der Waals surface area contributed by atoms with Gasteiger partial charge in [0, 0.05) is 39.8 Å². The highest BCUT2D eigenvalue weighted by atomic mass is 127. The van der Waals surface area contributed by atoms with Crippen LogP contribution in [0.2, 0.25) is 0 Å². The van der Waals surface area contributed by atoms with Crippen molar-refractivity contribution in [3.05, 3.63) is 35.4 Å². The highest BCUT2D eigenvalue weighted by Crippen LogP contribution is 2.28. The summed E-state index contributed by atoms with van der Waals surface area (Å²) >= 11 is 0. The van der Waals surface area contributed by atoms with Crippen LogP contribution in [0.5, 0.6) is 0 Å². The summed E-state index contributed by atoms with van der Waals surface area (Å²) in [6, 6.07) is 7.85. The Morgan fingerprint density at radius 3 is 2.63 bits per heavy atom. The third kappa shape index (κ3) is 7.68. The second-order valence-corrected chi connectivity index (χ2v) is 7.55. The van der Waals surface area contributed by atoms with Crippen LogP contribution in [0.1, 0.15) is 48.5 Å². The van der Waals surface area contributed by atoms with Gasteiger partial charge in [0.15, 0.2) is 5.96 Å². The van der Waals surface area contributed by atoms with Gasteiger partial charge in [-0.15, -0.1) is 24.0 Å². The Kier molecular flexibility index (Phi) is 10.7. The average Bonchev–Trinajstić information content (AvgIpc) is 2.65. The Hall–Kier alpha value is -1.31. The summed E-state index contributed by atoms with van der Waals surface area (Å²) in [5, 5.41) is 6.87. The van der Waals surface area contributed by atoms with Gasteiger partial charge in [-0.05, 0) is 42.4 Å². The van der Waals surface area contributed by atoms with Crippen LogP contribution in [0.4, 0.5) is 0 Å². The molecule has 0 radical (unpaired) electrons. The van der Waals surface area contributed by atoms with Crippen molar-refractivity contribution < 1.29 is 4.79 Å². The zero-order valence-electron chi connectivity index (χ0n) is 17.1. The molecule has 0 heterocycles. The maximum absolute atomic E-state index is 12.1. The molecular weight excluding hydrogens is 451 g/mol. The van der Waals surface area contributed by atoms with Gasteiger partial charge < -0.3 is 15.5 Å². The lowest BCUT2D eigenvalue weighted by atomic mass is 9.80. The summed E-state index contributed by atoms with van der Waals surface area (Å²) in [5.74, 6) is 2.45. The summed E-state index contributed by atoms with van der Waals surface area (Å²) in [6.07, 6.45) is 6.25. The van der Waals surface area contributed by atoms with Gasteiger partial charge in [0.2, 0.25) is 0 Å². The number of halogens is 1. The fourth-order valence-electron chi connectivity index (χ4n) is 3.59. The average molecular weight is 486 g/mol. The maximum atomic E-state index is 12.1. The lowest BCUT2D eigenvalue weighted by Crippen LogP contribution is -2.42. The minimum Gasteiger partial charge on any atom is -0.356 e. The van der Waals surface area contributed by atoms with E-state index in [1.165, 1.54) is 25.7 Å². The number of hydrogen-bond donors (Lipinski definition) is 2. The van der Waals surface area contributed by atoms with Crippen molar-refractivity contribution in [1.29, 1.82) is 0 Å². The van der Waals surface area contributed by atoms with E-state index in [0.717, 1.165) is 48.4 Å². The van der Waals surface area contributed by atoms with Gasteiger partial charge in [-0.1, -0.05) is 38.3 Å². The normalized spacial score (nSPS) is 19.8. The predicted molar refractivity (Wildman–Crippen MR) is 124 cm³/mol. The number of hydrogen-bond acceptors (Lipinski definition) is 2. The van der Waals surface area contributed by atoms with Crippen molar-refractivity contribution in [3.8, 4) is 0 Å². The minimum atomic E-state index is 0. The molecule has 152 valence electrons. The Labute approximate surface area is 181 Å². The van der Waals surface area contributed by atoms with E-state index >= 15 is 0 Å². The second kappa shape index (κ2) is 12.2. The lowest BCUT2D eigenvalue weighted by molar-refractivity contribution is 0.0827. The largest absolute Gasteiger partial charge is 0.356 e. The number of guanidine groups is 1. The molecule has 0 bridgehead atoms. The molecular formula is C21H35IN4O. The highest BCUT2D eigenvalue weighted by molar-refractivity contribution is 14.0. The fraction of sp³-hybridized carbons (Fsp3) is 0.619. The third-order valence-corrected chi connectivity index (χ3v) is 5.33. The molecule has 1 saturated carbocycles. The van der Waals surface area contributed by atoms with E-state index in [9.17, 15) is 4.79 Å². The first-order chi connectivity index (χ1) is 12.5. The van der Waals surface area contributed by atoms with Crippen LogP contribution in [0.25, 0.3) is 0 Å². The van der Waals surface area contributed by atoms with E-state index in [-0.39, 0.29) is 29.9 Å². The SMILES string of the molecule is CN=C(NCCc1cccc(C(=O)N(C)C)c1)NCC1CCCCC1C.I. The van der Waals surface area contributed by atoms with Gasteiger partial charge in [-0.25, -0.2) is 0 Å². The molecule has 1 aliphatic carbocycles. The van der Waals surface area contributed by atoms with Crippen LogP contribution >= 0.6 is 24.0 Å². The minimum absolute atomic E-state index is 0. The first-order valence-corrected chi connectivity index (χ1v) is 9.76. The quantitative estimate of drug-likeness (QED) is 0.368. The molecule has 6 heteroatoms. The molecule has 0 aromatic heterocycles. The molecule has 2 N–H and O–H groups in total. The summed E-state index contributed by atoms with van der Waals surface area (Å²) in [6.45, 7) is 4.15. The van der Waals surface area contributed by atoms with Gasteiger partial charge in [-0.3, -0.25) is 9.79 Å². The van der Waals surface area contributed by atoms with Gasteiger partial charge in [-0.2, -0.15) is 0 Å². The summed E-state index contributed by atoms with van der Waals surface area (Å²) in [7, 11) is 5.37. The maximum Gasteiger partial charge on any atom is 0.253 e. The number of carbonyl (C=O) groups is 1. The smallest absolute Gasteiger partial charge is 0.253 e. The molecule has 2 rings (SSSR count). The van der Waals surface area contributed by atoms with Gasteiger partial charge in [0.1, 0.15) is 0 Å². The van der Waals surface area contributed by atoms with E-state index in [0.29, 0.717) is 0 Å². The van der Waals surface area contributed by atoms with Crippen LogP contribution in [-0.4, -0.2) is 51.0 Å². The predicted octanol–water partition coefficient (Wildman–Crippen LogP) is 3.54. The van der Waals surface area contributed by atoms with E-state index in [1.54, 1.807) is 19.0 Å². The van der Waals surface area contributed by atoms with Crippen molar-refractivity contribution >= 4 is 35.8 Å². The molecule has 5 nitrogen and oxygen atoms in total. The van der Waals surface area contributed by atoms with Gasteiger partial charge in [0.25, 0.3) is 5.91 Å². The fourth-order valence-corrected chi connectivity index (χ4v) is 3.59. The molecule has 1 aromatic rings. The lowest BCUT2D eigenvalue weighted by Gasteiger charge is -2.29.